The third kappa shape index (κ3) is 4.55. The largest absolute Gasteiger partial charge is 0.342 e. The highest BCUT2D eigenvalue weighted by Crippen LogP contribution is 2.28. The standard InChI is InChI=1S/C26H35N3O/c30-26(29-13-5-6-14-29)25-16-22(18-27-11-3-4-12-27)19-28(20-25)17-21-9-10-23-7-1-2-8-24(23)15-21/h1-2,7-10,15,22,25H,3-6,11-14,16-20H2/t22-,25-/m1/s1. The average Bonchev–Trinajstić information content (AvgIpc) is 3.47. The number of fused-ring (bicyclic) bond motifs is 1. The number of amides is 1. The quantitative estimate of drug-likeness (QED) is 0.752. The normalized spacial score (nSPS) is 25.9. The van der Waals surface area contributed by atoms with Crippen LogP contribution in [-0.2, 0) is 11.3 Å². The van der Waals surface area contributed by atoms with Gasteiger partial charge in [-0.3, -0.25) is 9.69 Å². The number of hydrogen-bond acceptors (Lipinski definition) is 3. The van der Waals surface area contributed by atoms with E-state index in [4.69, 9.17) is 0 Å². The molecule has 3 aliphatic rings. The Kier molecular flexibility index (Phi) is 6.05. The summed E-state index contributed by atoms with van der Waals surface area (Å²) in [7, 11) is 0. The van der Waals surface area contributed by atoms with Gasteiger partial charge in [-0.1, -0.05) is 36.4 Å². The first-order chi connectivity index (χ1) is 14.7. The summed E-state index contributed by atoms with van der Waals surface area (Å²) >= 11 is 0. The Bertz CT molecular complexity index is 869. The number of hydrogen-bond donors (Lipinski definition) is 0. The molecule has 0 bridgehead atoms. The molecular formula is C26H35N3O. The van der Waals surface area contributed by atoms with Gasteiger partial charge in [-0.15, -0.1) is 0 Å². The molecule has 0 N–H and O–H groups in total. The van der Waals surface area contributed by atoms with E-state index in [-0.39, 0.29) is 5.92 Å². The fraction of sp³-hybridized carbons (Fsp3) is 0.577. The molecule has 2 aromatic rings. The Morgan fingerprint density at radius 1 is 0.833 bits per heavy atom. The van der Waals surface area contributed by atoms with Crippen LogP contribution in [0.1, 0.15) is 37.7 Å². The third-order valence-corrected chi connectivity index (χ3v) is 7.31. The lowest BCUT2D eigenvalue weighted by atomic mass is 9.87. The highest BCUT2D eigenvalue weighted by Gasteiger charge is 2.35. The summed E-state index contributed by atoms with van der Waals surface area (Å²) in [5, 5.41) is 2.61. The van der Waals surface area contributed by atoms with Crippen molar-refractivity contribution in [2.24, 2.45) is 11.8 Å². The summed E-state index contributed by atoms with van der Waals surface area (Å²) in [6.45, 7) is 8.57. The first-order valence-electron chi connectivity index (χ1n) is 12.0. The van der Waals surface area contributed by atoms with Crippen molar-refractivity contribution in [3.05, 3.63) is 48.0 Å². The number of nitrogens with zero attached hydrogens (tertiary/aromatic N) is 3. The molecule has 0 saturated carbocycles. The van der Waals surface area contributed by atoms with E-state index in [1.54, 1.807) is 0 Å². The van der Waals surface area contributed by atoms with Gasteiger partial charge >= 0.3 is 0 Å². The van der Waals surface area contributed by atoms with Gasteiger partial charge in [0.05, 0.1) is 5.92 Å². The lowest BCUT2D eigenvalue weighted by molar-refractivity contribution is -0.137. The maximum absolute atomic E-state index is 13.2. The van der Waals surface area contributed by atoms with E-state index in [2.05, 4.69) is 57.2 Å². The second-order valence-corrected chi connectivity index (χ2v) is 9.71. The van der Waals surface area contributed by atoms with Crippen LogP contribution < -0.4 is 0 Å². The van der Waals surface area contributed by atoms with Crippen molar-refractivity contribution in [1.82, 2.24) is 14.7 Å². The van der Waals surface area contributed by atoms with Gasteiger partial charge in [0.2, 0.25) is 5.91 Å². The van der Waals surface area contributed by atoms with Crippen molar-refractivity contribution in [3.8, 4) is 0 Å². The van der Waals surface area contributed by atoms with Crippen LogP contribution in [0.5, 0.6) is 0 Å². The molecule has 160 valence electrons. The molecule has 0 aromatic heterocycles. The summed E-state index contributed by atoms with van der Waals surface area (Å²) in [6.07, 6.45) is 6.10. The Morgan fingerprint density at radius 3 is 2.37 bits per heavy atom. The summed E-state index contributed by atoms with van der Waals surface area (Å²) in [5.74, 6) is 1.20. The predicted octanol–water partition coefficient (Wildman–Crippen LogP) is 4.00. The van der Waals surface area contributed by atoms with Crippen LogP contribution >= 0.6 is 0 Å². The van der Waals surface area contributed by atoms with E-state index < -0.39 is 0 Å². The van der Waals surface area contributed by atoms with E-state index in [0.717, 1.165) is 45.7 Å². The van der Waals surface area contributed by atoms with Gasteiger partial charge in [0.1, 0.15) is 0 Å². The number of rotatable bonds is 5. The molecule has 2 atom stereocenters. The molecule has 0 unspecified atom stereocenters. The Hall–Kier alpha value is -1.91. The Labute approximate surface area is 180 Å². The van der Waals surface area contributed by atoms with E-state index in [1.807, 2.05) is 0 Å². The lowest BCUT2D eigenvalue weighted by Gasteiger charge is -2.39. The van der Waals surface area contributed by atoms with Crippen LogP contribution in [-0.4, -0.2) is 66.4 Å². The molecule has 0 spiro atoms. The number of carbonyl (C=O) groups excluding carboxylic acids is 1. The summed E-state index contributed by atoms with van der Waals surface area (Å²) in [6, 6.07) is 15.4. The minimum atomic E-state index is 0.171. The van der Waals surface area contributed by atoms with Crippen LogP contribution in [0.25, 0.3) is 10.8 Å². The van der Waals surface area contributed by atoms with E-state index in [0.29, 0.717) is 11.8 Å². The predicted molar refractivity (Wildman–Crippen MR) is 122 cm³/mol. The van der Waals surface area contributed by atoms with Crippen molar-refractivity contribution in [2.45, 2.75) is 38.6 Å². The highest BCUT2D eigenvalue weighted by atomic mass is 16.2. The van der Waals surface area contributed by atoms with Crippen molar-refractivity contribution in [2.75, 3.05) is 45.8 Å². The number of carbonyl (C=O) groups is 1. The van der Waals surface area contributed by atoms with Crippen LogP contribution in [0.3, 0.4) is 0 Å². The molecule has 3 saturated heterocycles. The maximum Gasteiger partial charge on any atom is 0.226 e. The first kappa shape index (κ1) is 20.0. The van der Waals surface area contributed by atoms with Crippen molar-refractivity contribution in [1.29, 1.82) is 0 Å². The number of benzene rings is 2. The number of piperidine rings is 1. The van der Waals surface area contributed by atoms with Gasteiger partial charge in [0.25, 0.3) is 0 Å². The molecule has 3 heterocycles. The molecule has 3 fully saturated rings. The summed E-state index contributed by atoms with van der Waals surface area (Å²) in [5.41, 5.74) is 1.36. The van der Waals surface area contributed by atoms with Gasteiger partial charge in [-0.2, -0.15) is 0 Å². The molecule has 3 aliphatic heterocycles. The van der Waals surface area contributed by atoms with Crippen molar-refractivity contribution < 1.29 is 4.79 Å². The zero-order chi connectivity index (χ0) is 20.3. The monoisotopic (exact) mass is 405 g/mol. The molecule has 2 aromatic carbocycles. The second-order valence-electron chi connectivity index (χ2n) is 9.71. The van der Waals surface area contributed by atoms with Gasteiger partial charge in [-0.25, -0.2) is 0 Å². The fourth-order valence-electron chi connectivity index (χ4n) is 5.86. The number of likely N-dealkylation sites (tertiary alicyclic amines) is 3. The average molecular weight is 406 g/mol. The summed E-state index contributed by atoms with van der Waals surface area (Å²) in [4.78, 5) is 20.6. The molecule has 5 rings (SSSR count). The molecular weight excluding hydrogens is 370 g/mol. The topological polar surface area (TPSA) is 26.8 Å². The Morgan fingerprint density at radius 2 is 1.57 bits per heavy atom. The van der Waals surface area contributed by atoms with Gasteiger partial charge in [-0.05, 0) is 73.5 Å². The summed E-state index contributed by atoms with van der Waals surface area (Å²) < 4.78 is 0. The zero-order valence-corrected chi connectivity index (χ0v) is 18.1. The molecule has 4 heteroatoms. The van der Waals surface area contributed by atoms with Crippen molar-refractivity contribution >= 4 is 16.7 Å². The second kappa shape index (κ2) is 9.07. The first-order valence-corrected chi connectivity index (χ1v) is 12.0. The minimum absolute atomic E-state index is 0.171. The van der Waals surface area contributed by atoms with Gasteiger partial charge in [0, 0.05) is 39.3 Å². The molecule has 30 heavy (non-hydrogen) atoms. The lowest BCUT2D eigenvalue weighted by Crippen LogP contribution is -2.48. The minimum Gasteiger partial charge on any atom is -0.342 e. The third-order valence-electron chi connectivity index (χ3n) is 7.31. The van der Waals surface area contributed by atoms with E-state index >= 15 is 0 Å². The van der Waals surface area contributed by atoms with Crippen LogP contribution in [0.2, 0.25) is 0 Å². The van der Waals surface area contributed by atoms with Gasteiger partial charge in [0.15, 0.2) is 0 Å². The molecule has 4 nitrogen and oxygen atoms in total. The molecule has 1 amide bonds. The SMILES string of the molecule is O=C([C@@H]1C[C@H](CN2CCCC2)CN(Cc2ccc3ccccc3c2)C1)N1CCCC1. The van der Waals surface area contributed by atoms with E-state index in [9.17, 15) is 4.79 Å². The van der Waals surface area contributed by atoms with Crippen LogP contribution in [0, 0.1) is 11.8 Å². The fourth-order valence-corrected chi connectivity index (χ4v) is 5.86. The molecule has 0 aliphatic carbocycles. The van der Waals surface area contributed by atoms with Gasteiger partial charge < -0.3 is 9.80 Å². The smallest absolute Gasteiger partial charge is 0.226 e. The highest BCUT2D eigenvalue weighted by molar-refractivity contribution is 5.83. The van der Waals surface area contributed by atoms with Crippen molar-refractivity contribution in [3.63, 3.8) is 0 Å². The molecule has 0 radical (unpaired) electrons. The van der Waals surface area contributed by atoms with E-state index in [1.165, 1.54) is 55.1 Å². The maximum atomic E-state index is 13.2. The van der Waals surface area contributed by atoms with Crippen LogP contribution in [0.4, 0.5) is 0 Å². The Balaban J connectivity index is 1.31. The zero-order valence-electron chi connectivity index (χ0n) is 18.1. The van der Waals surface area contributed by atoms with Crippen LogP contribution in [0.15, 0.2) is 42.5 Å².